The third-order valence-corrected chi connectivity index (χ3v) is 8.25. The lowest BCUT2D eigenvalue weighted by molar-refractivity contribution is -0.173. The van der Waals surface area contributed by atoms with Gasteiger partial charge in [-0.15, -0.1) is 0 Å². The van der Waals surface area contributed by atoms with Gasteiger partial charge in [0.2, 0.25) is 0 Å². The molecule has 0 saturated carbocycles. The van der Waals surface area contributed by atoms with E-state index in [4.69, 9.17) is 0 Å². The number of thiol groups is 1. The Bertz CT molecular complexity index is 843. The van der Waals surface area contributed by atoms with Crippen molar-refractivity contribution in [2.75, 3.05) is 0 Å². The molecular weight excluding hydrogens is 414 g/mol. The number of nitrogens with zero attached hydrogens (tertiary/aromatic N) is 1. The molecule has 3 nitrogen and oxygen atoms in total. The molecule has 0 aliphatic carbocycles. The number of hydrogen-bond donors (Lipinski definition) is 2. The molecular formula is C28H47NO2S. The fourth-order valence-electron chi connectivity index (χ4n) is 5.35. The summed E-state index contributed by atoms with van der Waals surface area (Å²) in [4.78, 5) is 14.7. The molecule has 0 spiro atoms. The SMILES string of the molecule is CC(C)S.CC1=C(c2ccccc2)C(C)(C)C(C)(C)N(C(C)(C)C(C)(C)C(=O)O)C1(C)C. The summed E-state index contributed by atoms with van der Waals surface area (Å²) in [5.41, 5.74) is 1.66. The van der Waals surface area contributed by atoms with Crippen LogP contribution in [0.15, 0.2) is 35.9 Å². The van der Waals surface area contributed by atoms with Crippen molar-refractivity contribution in [3.05, 3.63) is 41.5 Å². The van der Waals surface area contributed by atoms with Crippen LogP contribution in [0.1, 0.15) is 95.6 Å². The van der Waals surface area contributed by atoms with E-state index in [1.54, 1.807) is 0 Å². The minimum atomic E-state index is -0.915. The van der Waals surface area contributed by atoms with Gasteiger partial charge in [-0.1, -0.05) is 58.0 Å². The van der Waals surface area contributed by atoms with Gasteiger partial charge in [0.05, 0.1) is 5.41 Å². The molecule has 0 bridgehead atoms. The highest BCUT2D eigenvalue weighted by molar-refractivity contribution is 7.80. The van der Waals surface area contributed by atoms with Crippen molar-refractivity contribution in [3.8, 4) is 0 Å². The first-order valence-electron chi connectivity index (χ1n) is 11.7. The van der Waals surface area contributed by atoms with Crippen LogP contribution in [0.25, 0.3) is 5.57 Å². The Morgan fingerprint density at radius 3 is 1.75 bits per heavy atom. The molecule has 1 N–H and O–H groups in total. The minimum absolute atomic E-state index is 0.181. The third-order valence-electron chi connectivity index (χ3n) is 8.25. The zero-order valence-corrected chi connectivity index (χ0v) is 23.6. The highest BCUT2D eigenvalue weighted by Crippen LogP contribution is 2.59. The van der Waals surface area contributed by atoms with Crippen LogP contribution in [0.4, 0.5) is 0 Å². The van der Waals surface area contributed by atoms with Gasteiger partial charge in [-0.05, 0) is 84.3 Å². The molecule has 1 heterocycles. The lowest BCUT2D eigenvalue weighted by atomic mass is 9.56. The molecule has 182 valence electrons. The summed E-state index contributed by atoms with van der Waals surface area (Å²) in [6.45, 7) is 27.7. The molecule has 2 rings (SSSR count). The van der Waals surface area contributed by atoms with E-state index in [9.17, 15) is 9.90 Å². The van der Waals surface area contributed by atoms with Crippen molar-refractivity contribution >= 4 is 24.2 Å². The maximum Gasteiger partial charge on any atom is 0.310 e. The molecule has 1 aliphatic heterocycles. The fraction of sp³-hybridized carbons (Fsp3) is 0.679. The fourth-order valence-corrected chi connectivity index (χ4v) is 5.35. The average molecular weight is 462 g/mol. The van der Waals surface area contributed by atoms with Gasteiger partial charge in [0.25, 0.3) is 0 Å². The Kier molecular flexibility index (Phi) is 8.25. The minimum Gasteiger partial charge on any atom is -0.481 e. The Morgan fingerprint density at radius 2 is 1.38 bits per heavy atom. The number of carboxylic acids is 1. The van der Waals surface area contributed by atoms with Gasteiger partial charge >= 0.3 is 5.97 Å². The van der Waals surface area contributed by atoms with E-state index < -0.39 is 16.9 Å². The van der Waals surface area contributed by atoms with Crippen molar-refractivity contribution < 1.29 is 9.90 Å². The zero-order chi connectivity index (χ0) is 25.5. The summed E-state index contributed by atoms with van der Waals surface area (Å²) < 4.78 is 0. The molecule has 1 aromatic rings. The van der Waals surface area contributed by atoms with Crippen LogP contribution in [-0.4, -0.2) is 37.8 Å². The van der Waals surface area contributed by atoms with Crippen LogP contribution in [0.5, 0.6) is 0 Å². The molecule has 0 fully saturated rings. The normalized spacial score (nSPS) is 20.6. The Labute approximate surface area is 203 Å². The first kappa shape index (κ1) is 28.8. The van der Waals surface area contributed by atoms with Gasteiger partial charge in [0.15, 0.2) is 0 Å². The molecule has 1 aromatic carbocycles. The van der Waals surface area contributed by atoms with Crippen LogP contribution in [0, 0.1) is 10.8 Å². The zero-order valence-electron chi connectivity index (χ0n) is 22.7. The van der Waals surface area contributed by atoms with E-state index >= 15 is 0 Å². The Hall–Kier alpha value is -1.26. The quantitative estimate of drug-likeness (QED) is 0.454. The second-order valence-corrected chi connectivity index (χ2v) is 13.1. The number of hydrogen-bond acceptors (Lipinski definition) is 3. The summed E-state index contributed by atoms with van der Waals surface area (Å²) in [7, 11) is 0. The second-order valence-electron chi connectivity index (χ2n) is 12.0. The van der Waals surface area contributed by atoms with Gasteiger partial charge in [-0.3, -0.25) is 9.69 Å². The number of aliphatic carboxylic acids is 1. The molecule has 0 amide bonds. The van der Waals surface area contributed by atoms with Crippen LogP contribution < -0.4 is 0 Å². The number of rotatable bonds is 4. The largest absolute Gasteiger partial charge is 0.481 e. The molecule has 0 unspecified atom stereocenters. The van der Waals surface area contributed by atoms with Gasteiger partial charge in [0.1, 0.15) is 0 Å². The maximum atomic E-state index is 12.2. The smallest absolute Gasteiger partial charge is 0.310 e. The Morgan fingerprint density at radius 1 is 0.969 bits per heavy atom. The number of benzene rings is 1. The summed E-state index contributed by atoms with van der Waals surface area (Å²) in [6.07, 6.45) is 0. The van der Waals surface area contributed by atoms with Crippen LogP contribution in [-0.2, 0) is 4.79 Å². The molecule has 4 heteroatoms. The second kappa shape index (κ2) is 9.18. The molecule has 0 radical (unpaired) electrons. The van der Waals surface area contributed by atoms with Gasteiger partial charge in [-0.2, -0.15) is 12.6 Å². The molecule has 32 heavy (non-hydrogen) atoms. The van der Waals surface area contributed by atoms with Crippen molar-refractivity contribution in [2.45, 2.75) is 112 Å². The average Bonchev–Trinajstić information content (AvgIpc) is 2.59. The van der Waals surface area contributed by atoms with E-state index in [2.05, 4.69) is 110 Å². The van der Waals surface area contributed by atoms with E-state index in [-0.39, 0.29) is 16.5 Å². The lowest BCUT2D eigenvalue weighted by Crippen LogP contribution is -2.75. The van der Waals surface area contributed by atoms with E-state index in [1.807, 2.05) is 27.7 Å². The highest BCUT2D eigenvalue weighted by atomic mass is 32.1. The van der Waals surface area contributed by atoms with E-state index in [1.165, 1.54) is 16.7 Å². The predicted octanol–water partition coefficient (Wildman–Crippen LogP) is 7.57. The molecule has 0 aromatic heterocycles. The highest BCUT2D eigenvalue weighted by Gasteiger charge is 2.62. The molecule has 0 saturated heterocycles. The number of carbonyl (C=O) groups is 1. The Balaban J connectivity index is 0.00000118. The number of carboxylic acid groups (broad SMARTS) is 1. The predicted molar refractivity (Wildman–Crippen MR) is 142 cm³/mol. The standard InChI is InChI=1S/C25H39NO2.C3H8S/c1-17-19(18-15-13-12-14-16-18)21(2,3)24(8,9)26(23(17,6)7)25(10,11)22(4,5)20(27)28;1-3(2)4/h12-16H,1-11H3,(H,27,28);3-4H,1-2H3. The van der Waals surface area contributed by atoms with Crippen molar-refractivity contribution in [1.29, 1.82) is 0 Å². The summed E-state index contributed by atoms with van der Waals surface area (Å²) in [5, 5.41) is 10.6. The van der Waals surface area contributed by atoms with Crippen LogP contribution >= 0.6 is 12.6 Å². The first-order chi connectivity index (χ1) is 14.2. The van der Waals surface area contributed by atoms with E-state index in [0.717, 1.165) is 0 Å². The lowest BCUT2D eigenvalue weighted by Gasteiger charge is -2.68. The van der Waals surface area contributed by atoms with Crippen molar-refractivity contribution in [3.63, 3.8) is 0 Å². The monoisotopic (exact) mass is 461 g/mol. The van der Waals surface area contributed by atoms with Gasteiger partial charge < -0.3 is 5.11 Å². The molecule has 1 aliphatic rings. The summed E-state index contributed by atoms with van der Waals surface area (Å²) >= 11 is 3.97. The van der Waals surface area contributed by atoms with Crippen LogP contribution in [0.3, 0.4) is 0 Å². The summed E-state index contributed by atoms with van der Waals surface area (Å²) in [5.74, 6) is -0.766. The van der Waals surface area contributed by atoms with Gasteiger partial charge in [0, 0.05) is 22.0 Å². The maximum absolute atomic E-state index is 12.2. The van der Waals surface area contributed by atoms with E-state index in [0.29, 0.717) is 5.25 Å². The van der Waals surface area contributed by atoms with Crippen molar-refractivity contribution in [2.24, 2.45) is 10.8 Å². The third kappa shape index (κ3) is 4.68. The van der Waals surface area contributed by atoms with Gasteiger partial charge in [-0.25, -0.2) is 0 Å². The summed E-state index contributed by atoms with van der Waals surface area (Å²) in [6, 6.07) is 10.6. The topological polar surface area (TPSA) is 40.5 Å². The van der Waals surface area contributed by atoms with Crippen LogP contribution in [0.2, 0.25) is 0 Å². The molecule has 0 atom stereocenters. The first-order valence-corrected chi connectivity index (χ1v) is 12.2. The van der Waals surface area contributed by atoms with Crippen molar-refractivity contribution in [1.82, 2.24) is 4.90 Å².